The molecule has 2 atom stereocenters. The molecule has 12 aromatic rings. The van der Waals surface area contributed by atoms with Gasteiger partial charge in [-0.2, -0.15) is 4.57 Å². The van der Waals surface area contributed by atoms with E-state index in [-0.39, 0.29) is 18.7 Å². The van der Waals surface area contributed by atoms with E-state index in [4.69, 9.17) is 4.42 Å². The van der Waals surface area contributed by atoms with Crippen LogP contribution in [0, 0.1) is 0 Å². The van der Waals surface area contributed by atoms with Crippen molar-refractivity contribution in [3.63, 3.8) is 0 Å². The van der Waals surface area contributed by atoms with Crippen molar-refractivity contribution in [3.05, 3.63) is 252 Å². The summed E-state index contributed by atoms with van der Waals surface area (Å²) in [5.74, 6) is 0.135. The number of nitrogens with zero attached hydrogens (tertiary/aromatic N) is 2. The number of hydrogen-bond acceptors (Lipinski definition) is 1. The molecular formula is C62H40BN2O+. The zero-order chi connectivity index (χ0) is 43.0. The Hall–Kier alpha value is -8.21. The van der Waals surface area contributed by atoms with Crippen LogP contribution >= 0.6 is 0 Å². The van der Waals surface area contributed by atoms with Gasteiger partial charge in [0.2, 0.25) is 6.33 Å². The quantitative estimate of drug-likeness (QED) is 0.162. The summed E-state index contributed by atoms with van der Waals surface area (Å²) in [5, 5.41) is 4.84. The van der Waals surface area contributed by atoms with Crippen molar-refractivity contribution in [3.8, 4) is 39.1 Å². The molecule has 0 fully saturated rings. The molecule has 2 aliphatic heterocycles. The maximum absolute atomic E-state index is 6.36. The first-order valence-corrected chi connectivity index (χ1v) is 23.2. The second-order valence-corrected chi connectivity index (χ2v) is 18.6. The van der Waals surface area contributed by atoms with Crippen LogP contribution in [0.15, 0.2) is 223 Å². The molecule has 4 heteroatoms. The standard InChI is InChI=1S/C62H40BN2O/c1-3-13-40(14-4-1)60-43-25-24-39-15-10-20-47(50(39)33-43)42-16-9-12-38(30-42)31-51-52-34-44(60)26-28-56(52)63-61-54(49-21-11-22-57-62(49)65(63)37-64(57)46-17-5-2-6-18-46)35-45(36-55(51)61)41-27-29-59-53(32-41)48-19-7-8-23-58(48)66-59/h1-30,32-37,51,60H,31H2/q+1. The molecule has 15 rings (SSSR count). The van der Waals surface area contributed by atoms with Gasteiger partial charge in [0.1, 0.15) is 16.9 Å². The molecule has 0 amide bonds. The van der Waals surface area contributed by atoms with E-state index in [1.807, 2.05) is 0 Å². The molecule has 6 bridgehead atoms. The van der Waals surface area contributed by atoms with Crippen LogP contribution in [-0.2, 0) is 6.42 Å². The fraction of sp³-hybridized carbons (Fsp3) is 0.0484. The highest BCUT2D eigenvalue weighted by atomic mass is 16.3. The summed E-state index contributed by atoms with van der Waals surface area (Å²) >= 11 is 0. The highest BCUT2D eigenvalue weighted by Gasteiger charge is 2.47. The SMILES string of the molecule is c1ccc(C2c3ccc4c(c3)C(Cc3cccc(c3)-c3cccc5ccc2cc35)c2cc(-c3ccc5oc6ccccc6c5c3)cc3c2B4[n+]2cn(-c4ccccc4)c4cccc-3c42)cc1. The highest BCUT2D eigenvalue weighted by Crippen LogP contribution is 2.44. The van der Waals surface area contributed by atoms with E-state index in [1.54, 1.807) is 0 Å². The van der Waals surface area contributed by atoms with Crippen LogP contribution in [0.3, 0.4) is 0 Å². The van der Waals surface area contributed by atoms with Crippen LogP contribution < -0.4 is 15.4 Å². The Kier molecular flexibility index (Phi) is 7.48. The Balaban J connectivity index is 1.05. The average molecular weight is 840 g/mol. The molecule has 10 aromatic carbocycles. The number of aromatic nitrogens is 2. The molecule has 0 radical (unpaired) electrons. The lowest BCUT2D eigenvalue weighted by Gasteiger charge is -2.36. The minimum absolute atomic E-state index is 0.0233. The van der Waals surface area contributed by atoms with Gasteiger partial charge >= 0.3 is 6.85 Å². The van der Waals surface area contributed by atoms with Gasteiger partial charge in [0.25, 0.3) is 0 Å². The topological polar surface area (TPSA) is 21.9 Å². The first kappa shape index (κ1) is 36.2. The normalized spacial score (nSPS) is 15.5. The van der Waals surface area contributed by atoms with Crippen molar-refractivity contribution in [1.29, 1.82) is 0 Å². The number of rotatable bonds is 3. The van der Waals surface area contributed by atoms with Gasteiger partial charge in [0.15, 0.2) is 11.0 Å². The van der Waals surface area contributed by atoms with Gasteiger partial charge in [-0.3, -0.25) is 4.48 Å². The number of benzene rings is 10. The third kappa shape index (κ3) is 5.18. The van der Waals surface area contributed by atoms with E-state index in [0.29, 0.717) is 0 Å². The summed E-state index contributed by atoms with van der Waals surface area (Å²) < 4.78 is 11.3. The van der Waals surface area contributed by atoms with E-state index < -0.39 is 0 Å². The zero-order valence-corrected chi connectivity index (χ0v) is 36.0. The van der Waals surface area contributed by atoms with Crippen LogP contribution in [-0.4, -0.2) is 11.4 Å². The summed E-state index contributed by atoms with van der Waals surface area (Å²) in [4.78, 5) is 0. The highest BCUT2D eigenvalue weighted by molar-refractivity contribution is 6.81. The summed E-state index contributed by atoms with van der Waals surface area (Å²) in [6.07, 6.45) is 3.24. The lowest BCUT2D eigenvalue weighted by molar-refractivity contribution is -0.503. The van der Waals surface area contributed by atoms with Crippen LogP contribution in [0.2, 0.25) is 0 Å². The smallest absolute Gasteiger partial charge is 0.448 e. The van der Waals surface area contributed by atoms with Crippen LogP contribution in [0.4, 0.5) is 0 Å². The molecule has 2 aromatic heterocycles. The van der Waals surface area contributed by atoms with Crippen LogP contribution in [0.25, 0.3) is 82.8 Å². The lowest BCUT2D eigenvalue weighted by Crippen LogP contribution is -2.70. The molecule has 3 nitrogen and oxygen atoms in total. The van der Waals surface area contributed by atoms with E-state index in [0.717, 1.165) is 34.0 Å². The Morgan fingerprint density at radius 3 is 2.20 bits per heavy atom. The molecule has 0 spiro atoms. The number of furan rings is 1. The third-order valence-electron chi connectivity index (χ3n) is 15.1. The predicted molar refractivity (Wildman–Crippen MR) is 271 cm³/mol. The maximum atomic E-state index is 6.36. The van der Waals surface area contributed by atoms with Crippen molar-refractivity contribution in [2.75, 3.05) is 0 Å². The van der Waals surface area contributed by atoms with Gasteiger partial charge in [-0.25, -0.2) is 0 Å². The van der Waals surface area contributed by atoms with Crippen molar-refractivity contribution in [1.82, 2.24) is 4.57 Å². The summed E-state index contributed by atoms with van der Waals surface area (Å²) in [6, 6.07) is 79.9. The number of para-hydroxylation sites is 3. The predicted octanol–water partition coefficient (Wildman–Crippen LogP) is 13.1. The van der Waals surface area contributed by atoms with E-state index in [9.17, 15) is 0 Å². The first-order valence-electron chi connectivity index (χ1n) is 23.2. The summed E-state index contributed by atoms with van der Waals surface area (Å²) in [5.41, 5.74) is 23.9. The Morgan fingerprint density at radius 1 is 0.485 bits per heavy atom. The van der Waals surface area contributed by atoms with E-state index in [2.05, 4.69) is 228 Å². The fourth-order valence-electron chi connectivity index (χ4n) is 12.2. The third-order valence-corrected chi connectivity index (χ3v) is 15.1. The van der Waals surface area contributed by atoms with Crippen molar-refractivity contribution >= 4 is 61.5 Å². The van der Waals surface area contributed by atoms with Gasteiger partial charge in [-0.05, 0) is 144 Å². The second kappa shape index (κ2) is 13.7. The molecule has 0 saturated carbocycles. The number of imidazole rings is 1. The Morgan fingerprint density at radius 2 is 1.27 bits per heavy atom. The maximum Gasteiger partial charge on any atom is 0.448 e. The lowest BCUT2D eigenvalue weighted by atomic mass is 9.41. The van der Waals surface area contributed by atoms with E-state index in [1.165, 1.54) is 99.5 Å². The van der Waals surface area contributed by atoms with Crippen molar-refractivity contribution in [2.24, 2.45) is 0 Å². The average Bonchev–Trinajstić information content (AvgIpc) is 3.95. The fourth-order valence-corrected chi connectivity index (χ4v) is 12.2. The van der Waals surface area contributed by atoms with Crippen LogP contribution in [0.1, 0.15) is 45.2 Å². The molecule has 4 heterocycles. The number of hydrogen-bond donors (Lipinski definition) is 0. The van der Waals surface area contributed by atoms with E-state index >= 15 is 0 Å². The summed E-state index contributed by atoms with van der Waals surface area (Å²) in [6.45, 7) is -0.0233. The summed E-state index contributed by atoms with van der Waals surface area (Å²) in [7, 11) is 0. The molecule has 3 aliphatic rings. The van der Waals surface area contributed by atoms with Crippen LogP contribution in [0.5, 0.6) is 0 Å². The molecule has 0 saturated heterocycles. The molecule has 0 N–H and O–H groups in total. The van der Waals surface area contributed by atoms with Gasteiger partial charge in [-0.1, -0.05) is 158 Å². The van der Waals surface area contributed by atoms with Gasteiger partial charge in [-0.15, -0.1) is 0 Å². The molecule has 1 aliphatic carbocycles. The zero-order valence-electron chi connectivity index (χ0n) is 36.0. The van der Waals surface area contributed by atoms with Crippen molar-refractivity contribution in [2.45, 2.75) is 18.3 Å². The molecular weight excluding hydrogens is 800 g/mol. The van der Waals surface area contributed by atoms with Gasteiger partial charge in [0, 0.05) is 28.2 Å². The molecule has 2 unspecified atom stereocenters. The number of fused-ring (bicyclic) bond motifs is 12. The van der Waals surface area contributed by atoms with Gasteiger partial charge < -0.3 is 4.42 Å². The minimum atomic E-state index is -0.0233. The Labute approximate surface area is 382 Å². The molecule has 66 heavy (non-hydrogen) atoms. The molecule has 306 valence electrons. The first-order chi connectivity index (χ1) is 32.7. The van der Waals surface area contributed by atoms with Crippen molar-refractivity contribution < 1.29 is 8.90 Å². The largest absolute Gasteiger partial charge is 0.456 e. The Bertz CT molecular complexity index is 3990. The monoisotopic (exact) mass is 839 g/mol. The second-order valence-electron chi connectivity index (χ2n) is 18.6. The minimum Gasteiger partial charge on any atom is -0.456 e. The van der Waals surface area contributed by atoms with Gasteiger partial charge in [0.05, 0.1) is 0 Å².